The van der Waals surface area contributed by atoms with Crippen molar-refractivity contribution >= 4 is 51.6 Å². The van der Waals surface area contributed by atoms with E-state index >= 15 is 0 Å². The van der Waals surface area contributed by atoms with E-state index in [9.17, 15) is 8.42 Å². The van der Waals surface area contributed by atoms with E-state index in [1.807, 2.05) is 12.1 Å². The summed E-state index contributed by atoms with van der Waals surface area (Å²) in [5.74, 6) is 1.38. The Hall–Kier alpha value is -1.56. The number of hydrogen-bond acceptors (Lipinski definition) is 4. The predicted octanol–water partition coefficient (Wildman–Crippen LogP) is 3.12. The minimum atomic E-state index is -3.42. The minimum Gasteiger partial charge on any atom is -0.497 e. The first-order valence-electron chi connectivity index (χ1n) is 9.06. The lowest BCUT2D eigenvalue weighted by Crippen LogP contribution is -2.37. The zero-order chi connectivity index (χ0) is 21.4. The zero-order valence-corrected chi connectivity index (χ0v) is 21.4. The Morgan fingerprint density at radius 1 is 1.13 bits per heavy atom. The minimum absolute atomic E-state index is 0. The Morgan fingerprint density at radius 3 is 2.33 bits per heavy atom. The summed E-state index contributed by atoms with van der Waals surface area (Å²) in [7, 11) is 2.91. The first-order chi connectivity index (χ1) is 13.8. The normalized spacial score (nSPS) is 11.7. The number of hydrogen-bond donors (Lipinski definition) is 2. The molecule has 2 aromatic carbocycles. The van der Waals surface area contributed by atoms with Crippen molar-refractivity contribution in [3.63, 3.8) is 0 Å². The lowest BCUT2D eigenvalue weighted by atomic mass is 10.1. The van der Waals surface area contributed by atoms with E-state index < -0.39 is 10.0 Å². The molecular weight excluding hydrogens is 539 g/mol. The average molecular weight is 567 g/mol. The molecule has 0 unspecified atom stereocenters. The summed E-state index contributed by atoms with van der Waals surface area (Å²) < 4.78 is 30.6. The molecule has 2 N–H and O–H groups in total. The maximum absolute atomic E-state index is 12.1. The molecule has 2 rings (SSSR count). The highest BCUT2D eigenvalue weighted by Crippen LogP contribution is 2.22. The van der Waals surface area contributed by atoms with Gasteiger partial charge in [-0.3, -0.25) is 4.99 Å². The highest BCUT2D eigenvalue weighted by Gasteiger charge is 2.16. The maximum atomic E-state index is 12.1. The molecule has 0 radical (unpaired) electrons. The molecule has 0 atom stereocenters. The largest absolute Gasteiger partial charge is 0.497 e. The van der Waals surface area contributed by atoms with Crippen LogP contribution in [-0.2, 0) is 23.0 Å². The molecule has 166 valence electrons. The number of methoxy groups -OCH3 is 1. The van der Waals surface area contributed by atoms with E-state index in [-0.39, 0.29) is 28.9 Å². The fourth-order valence-electron chi connectivity index (χ4n) is 2.57. The molecule has 2 aromatic rings. The van der Waals surface area contributed by atoms with Gasteiger partial charge in [-0.2, -0.15) is 0 Å². The molecule has 0 aliphatic heterocycles. The summed E-state index contributed by atoms with van der Waals surface area (Å²) in [5, 5.41) is 7.12. The Morgan fingerprint density at radius 2 is 1.80 bits per heavy atom. The standard InChI is InChI=1S/C20H27ClN4O3S.HI/c1-22-20(23-12-11-16-7-8-17(28-4)13-19(16)21)24-14-15-5-9-18(10-6-15)29(26,27)25(2)3;/h5-10,13H,11-12,14H2,1-4H3,(H2,22,23,24);1H. The van der Waals surface area contributed by atoms with E-state index in [4.69, 9.17) is 16.3 Å². The van der Waals surface area contributed by atoms with Crippen molar-refractivity contribution < 1.29 is 13.2 Å². The second kappa shape index (κ2) is 12.3. The molecule has 0 saturated heterocycles. The predicted molar refractivity (Wildman–Crippen MR) is 133 cm³/mol. The average Bonchev–Trinajstić information content (AvgIpc) is 2.71. The van der Waals surface area contributed by atoms with Crippen molar-refractivity contribution in [3.05, 3.63) is 58.6 Å². The van der Waals surface area contributed by atoms with Crippen LogP contribution in [0.15, 0.2) is 52.4 Å². The van der Waals surface area contributed by atoms with Gasteiger partial charge in [-0.15, -0.1) is 24.0 Å². The summed E-state index contributed by atoms with van der Waals surface area (Å²) in [5.41, 5.74) is 1.97. The molecule has 0 saturated carbocycles. The van der Waals surface area contributed by atoms with Crippen LogP contribution in [0.4, 0.5) is 0 Å². The lowest BCUT2D eigenvalue weighted by Gasteiger charge is -2.14. The SMILES string of the molecule is CN=C(NCCc1ccc(OC)cc1Cl)NCc1ccc(S(=O)(=O)N(C)C)cc1.I. The number of benzene rings is 2. The van der Waals surface area contributed by atoms with E-state index in [2.05, 4.69) is 15.6 Å². The molecule has 0 aliphatic rings. The first-order valence-corrected chi connectivity index (χ1v) is 10.9. The molecule has 0 fully saturated rings. The van der Waals surface area contributed by atoms with Gasteiger partial charge in [0, 0.05) is 39.3 Å². The van der Waals surface area contributed by atoms with Crippen molar-refractivity contribution in [2.75, 3.05) is 34.8 Å². The van der Waals surface area contributed by atoms with Gasteiger partial charge < -0.3 is 15.4 Å². The van der Waals surface area contributed by atoms with Crippen LogP contribution < -0.4 is 15.4 Å². The number of nitrogens with zero attached hydrogens (tertiary/aromatic N) is 2. The van der Waals surface area contributed by atoms with Crippen molar-refractivity contribution in [1.29, 1.82) is 0 Å². The van der Waals surface area contributed by atoms with Crippen LogP contribution in [0.25, 0.3) is 0 Å². The molecule has 30 heavy (non-hydrogen) atoms. The van der Waals surface area contributed by atoms with Gasteiger partial charge in [0.15, 0.2) is 5.96 Å². The Labute approximate surface area is 200 Å². The lowest BCUT2D eigenvalue weighted by molar-refractivity contribution is 0.414. The Bertz CT molecular complexity index is 951. The number of guanidine groups is 1. The third-order valence-corrected chi connectivity index (χ3v) is 6.51. The van der Waals surface area contributed by atoms with Gasteiger partial charge in [-0.25, -0.2) is 12.7 Å². The monoisotopic (exact) mass is 566 g/mol. The summed E-state index contributed by atoms with van der Waals surface area (Å²) in [6.45, 7) is 1.18. The number of rotatable bonds is 8. The van der Waals surface area contributed by atoms with E-state index in [1.54, 1.807) is 44.5 Å². The fourth-order valence-corrected chi connectivity index (χ4v) is 3.74. The fraction of sp³-hybridized carbons (Fsp3) is 0.350. The van der Waals surface area contributed by atoms with Crippen LogP contribution in [-0.4, -0.2) is 53.5 Å². The van der Waals surface area contributed by atoms with Crippen LogP contribution in [0, 0.1) is 0 Å². The van der Waals surface area contributed by atoms with Gasteiger partial charge in [0.25, 0.3) is 0 Å². The molecular formula is C20H28ClIN4O3S. The second-order valence-electron chi connectivity index (χ2n) is 6.49. The van der Waals surface area contributed by atoms with Crippen LogP contribution in [0.3, 0.4) is 0 Å². The third-order valence-electron chi connectivity index (χ3n) is 4.33. The third kappa shape index (κ3) is 7.29. The number of aliphatic imine (C=N–C) groups is 1. The molecule has 0 heterocycles. The summed E-state index contributed by atoms with van der Waals surface area (Å²) in [4.78, 5) is 4.47. The van der Waals surface area contributed by atoms with E-state index in [0.717, 1.165) is 23.3 Å². The topological polar surface area (TPSA) is 83.0 Å². The first kappa shape index (κ1) is 26.5. The van der Waals surface area contributed by atoms with Gasteiger partial charge in [-0.1, -0.05) is 29.8 Å². The van der Waals surface area contributed by atoms with Crippen LogP contribution in [0.2, 0.25) is 5.02 Å². The van der Waals surface area contributed by atoms with Crippen molar-refractivity contribution in [3.8, 4) is 5.75 Å². The summed E-state index contributed by atoms with van der Waals surface area (Å²) >= 11 is 6.26. The highest BCUT2D eigenvalue weighted by atomic mass is 127. The van der Waals surface area contributed by atoms with Gasteiger partial charge in [0.05, 0.1) is 12.0 Å². The summed E-state index contributed by atoms with van der Waals surface area (Å²) in [6.07, 6.45) is 0.737. The molecule has 0 amide bonds. The second-order valence-corrected chi connectivity index (χ2v) is 9.05. The number of ether oxygens (including phenoxy) is 1. The van der Waals surface area contributed by atoms with Crippen LogP contribution in [0.5, 0.6) is 5.75 Å². The van der Waals surface area contributed by atoms with Gasteiger partial charge in [-0.05, 0) is 41.8 Å². The number of nitrogens with one attached hydrogen (secondary N) is 2. The number of halogens is 2. The van der Waals surface area contributed by atoms with Gasteiger partial charge in [0.2, 0.25) is 10.0 Å². The molecule has 0 aliphatic carbocycles. The van der Waals surface area contributed by atoms with Crippen LogP contribution in [0.1, 0.15) is 11.1 Å². The molecule has 0 bridgehead atoms. The molecule has 0 spiro atoms. The molecule has 10 heteroatoms. The smallest absolute Gasteiger partial charge is 0.242 e. The van der Waals surface area contributed by atoms with E-state index in [1.165, 1.54) is 18.4 Å². The molecule has 0 aromatic heterocycles. The Balaban J connectivity index is 0.00000450. The highest BCUT2D eigenvalue weighted by molar-refractivity contribution is 14.0. The summed E-state index contributed by atoms with van der Waals surface area (Å²) in [6, 6.07) is 12.4. The van der Waals surface area contributed by atoms with Crippen molar-refractivity contribution in [2.45, 2.75) is 17.9 Å². The van der Waals surface area contributed by atoms with Crippen molar-refractivity contribution in [1.82, 2.24) is 14.9 Å². The maximum Gasteiger partial charge on any atom is 0.242 e. The number of sulfonamides is 1. The quantitative estimate of drug-likeness (QED) is 0.292. The van der Waals surface area contributed by atoms with Gasteiger partial charge in [0.1, 0.15) is 5.75 Å². The molecule has 7 nitrogen and oxygen atoms in total. The van der Waals surface area contributed by atoms with Crippen LogP contribution >= 0.6 is 35.6 Å². The zero-order valence-electron chi connectivity index (χ0n) is 17.5. The van der Waals surface area contributed by atoms with Gasteiger partial charge >= 0.3 is 0 Å². The Kier molecular flexibility index (Phi) is 10.9. The van der Waals surface area contributed by atoms with E-state index in [0.29, 0.717) is 24.1 Å². The van der Waals surface area contributed by atoms with Crippen molar-refractivity contribution in [2.24, 2.45) is 4.99 Å².